The number of hydrogen-bond acceptors (Lipinski definition) is 5. The Hall–Kier alpha value is -1.99. The van der Waals surface area contributed by atoms with Crippen molar-refractivity contribution >= 4 is 39.9 Å². The lowest BCUT2D eigenvalue weighted by Gasteiger charge is -2.05. The third-order valence-corrected chi connectivity index (χ3v) is 4.38. The topological polar surface area (TPSA) is 84.0 Å². The standard InChI is InChI=1S/C17H21ClN4O2S/c1-11(2)10-15-21-22-17(25-15)20-14(23)4-3-9-19-16(24)12-5-7-13(18)8-6-12/h5-8,11H,3-4,9-10H2,1-2H3,(H,19,24)(H,20,22,23). The summed E-state index contributed by atoms with van der Waals surface area (Å²) < 4.78 is 0. The molecule has 2 aromatic rings. The van der Waals surface area contributed by atoms with Crippen LogP contribution in [0.2, 0.25) is 5.02 Å². The lowest BCUT2D eigenvalue weighted by Crippen LogP contribution is -2.25. The average molecular weight is 381 g/mol. The first kappa shape index (κ1) is 19.3. The molecule has 0 saturated heterocycles. The number of carbonyl (C=O) groups excluding carboxylic acids is 2. The number of aromatic nitrogens is 2. The molecule has 0 atom stereocenters. The minimum Gasteiger partial charge on any atom is -0.352 e. The molecule has 0 bridgehead atoms. The van der Waals surface area contributed by atoms with Gasteiger partial charge in [-0.1, -0.05) is 36.8 Å². The molecule has 134 valence electrons. The maximum absolute atomic E-state index is 11.9. The molecule has 0 aliphatic heterocycles. The number of amides is 2. The van der Waals surface area contributed by atoms with Crippen LogP contribution in [0.3, 0.4) is 0 Å². The van der Waals surface area contributed by atoms with E-state index in [1.807, 2.05) is 0 Å². The zero-order valence-electron chi connectivity index (χ0n) is 14.2. The highest BCUT2D eigenvalue weighted by Gasteiger charge is 2.10. The van der Waals surface area contributed by atoms with Crippen LogP contribution >= 0.6 is 22.9 Å². The van der Waals surface area contributed by atoms with Gasteiger partial charge in [0.2, 0.25) is 11.0 Å². The van der Waals surface area contributed by atoms with Crippen LogP contribution in [-0.4, -0.2) is 28.6 Å². The van der Waals surface area contributed by atoms with Crippen LogP contribution in [-0.2, 0) is 11.2 Å². The van der Waals surface area contributed by atoms with Crippen LogP contribution in [0, 0.1) is 5.92 Å². The smallest absolute Gasteiger partial charge is 0.251 e. The Bertz CT molecular complexity index is 716. The van der Waals surface area contributed by atoms with Gasteiger partial charge >= 0.3 is 0 Å². The number of hydrogen-bond donors (Lipinski definition) is 2. The zero-order chi connectivity index (χ0) is 18.2. The summed E-state index contributed by atoms with van der Waals surface area (Å²) in [5, 5.41) is 15.6. The fourth-order valence-electron chi connectivity index (χ4n) is 2.07. The quantitative estimate of drug-likeness (QED) is 0.686. The molecule has 0 unspecified atom stereocenters. The molecule has 8 heteroatoms. The summed E-state index contributed by atoms with van der Waals surface area (Å²) in [7, 11) is 0. The SMILES string of the molecule is CC(C)Cc1nnc(NC(=O)CCCNC(=O)c2ccc(Cl)cc2)s1. The van der Waals surface area contributed by atoms with Crippen molar-refractivity contribution in [1.29, 1.82) is 0 Å². The second kappa shape index (κ2) is 9.48. The van der Waals surface area contributed by atoms with Gasteiger partial charge in [-0.05, 0) is 36.6 Å². The molecule has 0 saturated carbocycles. The van der Waals surface area contributed by atoms with E-state index in [2.05, 4.69) is 34.7 Å². The molecule has 1 heterocycles. The zero-order valence-corrected chi connectivity index (χ0v) is 15.8. The third kappa shape index (κ3) is 6.80. The molecule has 0 fully saturated rings. The minimum absolute atomic E-state index is 0.131. The Morgan fingerprint density at radius 2 is 1.92 bits per heavy atom. The largest absolute Gasteiger partial charge is 0.352 e. The van der Waals surface area contributed by atoms with Crippen molar-refractivity contribution in [3.05, 3.63) is 39.9 Å². The van der Waals surface area contributed by atoms with Crippen LogP contribution in [0.4, 0.5) is 5.13 Å². The summed E-state index contributed by atoms with van der Waals surface area (Å²) in [5.41, 5.74) is 0.542. The van der Waals surface area contributed by atoms with Gasteiger partial charge in [-0.2, -0.15) is 0 Å². The molecule has 25 heavy (non-hydrogen) atoms. The number of halogens is 1. The normalized spacial score (nSPS) is 10.7. The first-order valence-electron chi connectivity index (χ1n) is 8.10. The number of nitrogens with one attached hydrogen (secondary N) is 2. The molecule has 6 nitrogen and oxygen atoms in total. The fourth-order valence-corrected chi connectivity index (χ4v) is 3.17. The Balaban J connectivity index is 1.67. The van der Waals surface area contributed by atoms with Crippen LogP contribution in [0.5, 0.6) is 0 Å². The van der Waals surface area contributed by atoms with E-state index in [-0.39, 0.29) is 11.8 Å². The van der Waals surface area contributed by atoms with Crippen LogP contribution < -0.4 is 10.6 Å². The van der Waals surface area contributed by atoms with E-state index in [1.54, 1.807) is 24.3 Å². The van der Waals surface area contributed by atoms with E-state index in [0.29, 0.717) is 41.0 Å². The maximum Gasteiger partial charge on any atom is 0.251 e. The molecule has 2 N–H and O–H groups in total. The number of anilines is 1. The van der Waals surface area contributed by atoms with E-state index in [1.165, 1.54) is 11.3 Å². The van der Waals surface area contributed by atoms with Crippen molar-refractivity contribution in [2.24, 2.45) is 5.92 Å². The van der Waals surface area contributed by atoms with Crippen molar-refractivity contribution < 1.29 is 9.59 Å². The predicted molar refractivity (Wildman–Crippen MR) is 100 cm³/mol. The van der Waals surface area contributed by atoms with Crippen molar-refractivity contribution in [3.8, 4) is 0 Å². The molecule has 2 amide bonds. The molecule has 0 aliphatic carbocycles. The highest BCUT2D eigenvalue weighted by atomic mass is 35.5. The molecule has 0 aliphatic rings. The van der Waals surface area contributed by atoms with Crippen molar-refractivity contribution in [1.82, 2.24) is 15.5 Å². The Kier molecular flexibility index (Phi) is 7.33. The van der Waals surface area contributed by atoms with Crippen molar-refractivity contribution in [2.75, 3.05) is 11.9 Å². The first-order chi connectivity index (χ1) is 11.9. The lowest BCUT2D eigenvalue weighted by atomic mass is 10.1. The number of benzene rings is 1. The lowest BCUT2D eigenvalue weighted by molar-refractivity contribution is -0.116. The first-order valence-corrected chi connectivity index (χ1v) is 9.29. The van der Waals surface area contributed by atoms with Crippen LogP contribution in [0.15, 0.2) is 24.3 Å². The van der Waals surface area contributed by atoms with Crippen LogP contribution in [0.25, 0.3) is 0 Å². The van der Waals surface area contributed by atoms with Crippen molar-refractivity contribution in [3.63, 3.8) is 0 Å². The molecule has 0 radical (unpaired) electrons. The van der Waals surface area contributed by atoms with Gasteiger partial charge < -0.3 is 10.6 Å². The number of carbonyl (C=O) groups is 2. The minimum atomic E-state index is -0.181. The number of nitrogens with zero attached hydrogens (tertiary/aromatic N) is 2. The second-order valence-electron chi connectivity index (χ2n) is 6.01. The Labute approximate surface area is 156 Å². The summed E-state index contributed by atoms with van der Waals surface area (Å²) in [6, 6.07) is 6.65. The summed E-state index contributed by atoms with van der Waals surface area (Å²) in [4.78, 5) is 23.8. The molecular weight excluding hydrogens is 360 g/mol. The summed E-state index contributed by atoms with van der Waals surface area (Å²) in [6.07, 6.45) is 1.70. The van der Waals surface area contributed by atoms with Crippen LogP contribution in [0.1, 0.15) is 42.1 Å². The van der Waals surface area contributed by atoms with Gasteiger partial charge in [-0.3, -0.25) is 9.59 Å². The van der Waals surface area contributed by atoms with Gasteiger partial charge in [0.25, 0.3) is 5.91 Å². The monoisotopic (exact) mass is 380 g/mol. The number of rotatable bonds is 8. The van der Waals surface area contributed by atoms with Gasteiger partial charge in [-0.15, -0.1) is 10.2 Å². The van der Waals surface area contributed by atoms with Gasteiger partial charge in [0.15, 0.2) is 0 Å². The molecule has 1 aromatic heterocycles. The van der Waals surface area contributed by atoms with E-state index < -0.39 is 0 Å². The van der Waals surface area contributed by atoms with E-state index >= 15 is 0 Å². The predicted octanol–water partition coefficient (Wildman–Crippen LogP) is 3.54. The van der Waals surface area contributed by atoms with Gasteiger partial charge in [0.05, 0.1) is 0 Å². The van der Waals surface area contributed by atoms with Gasteiger partial charge in [-0.25, -0.2) is 0 Å². The summed E-state index contributed by atoms with van der Waals surface area (Å²) in [5.74, 6) is 0.188. The molecule has 0 spiro atoms. The Morgan fingerprint density at radius 3 is 2.60 bits per heavy atom. The fraction of sp³-hybridized carbons (Fsp3) is 0.412. The van der Waals surface area contributed by atoms with Gasteiger partial charge in [0.1, 0.15) is 5.01 Å². The molecular formula is C17H21ClN4O2S. The van der Waals surface area contributed by atoms with E-state index in [4.69, 9.17) is 11.6 Å². The van der Waals surface area contributed by atoms with Gasteiger partial charge in [0, 0.05) is 30.0 Å². The molecule has 2 rings (SSSR count). The highest BCUT2D eigenvalue weighted by Crippen LogP contribution is 2.18. The highest BCUT2D eigenvalue weighted by molar-refractivity contribution is 7.15. The van der Waals surface area contributed by atoms with E-state index in [9.17, 15) is 9.59 Å². The third-order valence-electron chi connectivity index (χ3n) is 3.27. The summed E-state index contributed by atoms with van der Waals surface area (Å²) >= 11 is 7.18. The second-order valence-corrected chi connectivity index (χ2v) is 7.51. The average Bonchev–Trinajstić information content (AvgIpc) is 2.98. The maximum atomic E-state index is 11.9. The Morgan fingerprint density at radius 1 is 1.20 bits per heavy atom. The molecule has 1 aromatic carbocycles. The van der Waals surface area contributed by atoms with Crippen molar-refractivity contribution in [2.45, 2.75) is 33.1 Å². The summed E-state index contributed by atoms with van der Waals surface area (Å²) in [6.45, 7) is 4.64. The van der Waals surface area contributed by atoms with E-state index in [0.717, 1.165) is 11.4 Å².